The molecule has 2 atom stereocenters. The molecule has 1 aliphatic heterocycles. The van der Waals surface area contributed by atoms with Gasteiger partial charge in [-0.2, -0.15) is 0 Å². The van der Waals surface area contributed by atoms with Crippen LogP contribution in [-0.2, 0) is 4.74 Å². The van der Waals surface area contributed by atoms with Crippen LogP contribution in [0.3, 0.4) is 0 Å². The molecule has 1 nitrogen and oxygen atoms in total. The van der Waals surface area contributed by atoms with E-state index in [4.69, 9.17) is 22.8 Å². The van der Waals surface area contributed by atoms with E-state index >= 15 is 0 Å². The van der Waals surface area contributed by atoms with Crippen LogP contribution in [-0.4, -0.2) is 11.5 Å². The maximum atomic E-state index is 6.35. The molecular formula is C15H18BrClO. The standard InChI is InChI=1S/C15H18BrClO/c1-3-5-6-11-15-13(17)9-7-8-10-14(18-15)12(16)4-2/h1,5-8,13,15H,4,9-11H2,2H3/b6-5-,8-7+,14-12+/t13-,15?/m0/s1. The Bertz CT molecular complexity index is 390. The topological polar surface area (TPSA) is 9.23 Å². The zero-order valence-corrected chi connectivity index (χ0v) is 12.9. The maximum Gasteiger partial charge on any atom is 0.118 e. The lowest BCUT2D eigenvalue weighted by Gasteiger charge is -2.25. The third-order valence-electron chi connectivity index (χ3n) is 2.72. The quantitative estimate of drug-likeness (QED) is 0.405. The van der Waals surface area contributed by atoms with Crippen LogP contribution in [0.4, 0.5) is 0 Å². The fraction of sp³-hybridized carbons (Fsp3) is 0.467. The van der Waals surface area contributed by atoms with Crippen LogP contribution in [0.2, 0.25) is 0 Å². The second-order valence-electron chi connectivity index (χ2n) is 4.07. The van der Waals surface area contributed by atoms with Gasteiger partial charge in [-0.3, -0.25) is 0 Å². The summed E-state index contributed by atoms with van der Waals surface area (Å²) in [7, 11) is 0. The molecule has 3 heteroatoms. The molecule has 0 aromatic rings. The Morgan fingerprint density at radius 2 is 2.44 bits per heavy atom. The molecular weight excluding hydrogens is 312 g/mol. The van der Waals surface area contributed by atoms with Crippen molar-refractivity contribution in [2.75, 3.05) is 0 Å². The van der Waals surface area contributed by atoms with Crippen molar-refractivity contribution in [3.8, 4) is 12.3 Å². The molecule has 0 radical (unpaired) electrons. The first-order valence-corrected chi connectivity index (χ1v) is 7.36. The van der Waals surface area contributed by atoms with Gasteiger partial charge in [0.1, 0.15) is 11.9 Å². The highest BCUT2D eigenvalue weighted by Crippen LogP contribution is 2.28. The van der Waals surface area contributed by atoms with E-state index in [2.05, 4.69) is 40.9 Å². The first kappa shape index (κ1) is 15.4. The van der Waals surface area contributed by atoms with Crippen LogP contribution in [0.5, 0.6) is 0 Å². The molecule has 0 bridgehead atoms. The van der Waals surface area contributed by atoms with Crippen LogP contribution >= 0.6 is 27.5 Å². The van der Waals surface area contributed by atoms with Crippen LogP contribution in [0.1, 0.15) is 32.6 Å². The molecule has 0 N–H and O–H groups in total. The van der Waals surface area contributed by atoms with Gasteiger partial charge in [0.15, 0.2) is 0 Å². The highest BCUT2D eigenvalue weighted by molar-refractivity contribution is 9.11. The first-order valence-electron chi connectivity index (χ1n) is 6.13. The molecule has 0 saturated carbocycles. The summed E-state index contributed by atoms with van der Waals surface area (Å²) in [5.41, 5.74) is 0. The number of hydrogen-bond acceptors (Lipinski definition) is 1. The summed E-state index contributed by atoms with van der Waals surface area (Å²) in [6.45, 7) is 2.09. The molecule has 1 aliphatic rings. The maximum absolute atomic E-state index is 6.35. The van der Waals surface area contributed by atoms with Crippen molar-refractivity contribution in [2.24, 2.45) is 0 Å². The molecule has 18 heavy (non-hydrogen) atoms. The molecule has 98 valence electrons. The summed E-state index contributed by atoms with van der Waals surface area (Å²) in [6.07, 6.45) is 16.3. The van der Waals surface area contributed by atoms with Crippen molar-refractivity contribution >= 4 is 27.5 Å². The van der Waals surface area contributed by atoms with Gasteiger partial charge in [0.2, 0.25) is 0 Å². The minimum absolute atomic E-state index is 0.0314. The molecule has 0 aromatic heterocycles. The Morgan fingerprint density at radius 3 is 3.11 bits per heavy atom. The zero-order valence-electron chi connectivity index (χ0n) is 10.5. The van der Waals surface area contributed by atoms with Crippen molar-refractivity contribution in [1.29, 1.82) is 0 Å². The van der Waals surface area contributed by atoms with Gasteiger partial charge in [0.25, 0.3) is 0 Å². The van der Waals surface area contributed by atoms with E-state index in [0.29, 0.717) is 0 Å². The summed E-state index contributed by atoms with van der Waals surface area (Å²) in [5.74, 6) is 3.45. The SMILES string of the molecule is C#C/C=C\CC1O/C(=C(/Br)CC)C/C=C/C[C@@H]1Cl. The Balaban J connectivity index is 2.82. The van der Waals surface area contributed by atoms with E-state index in [9.17, 15) is 0 Å². The third kappa shape index (κ3) is 4.92. The predicted octanol–water partition coefficient (Wildman–Crippen LogP) is 4.93. The summed E-state index contributed by atoms with van der Waals surface area (Å²) in [5, 5.41) is -0.0314. The molecule has 1 rings (SSSR count). The number of hydrogen-bond donors (Lipinski definition) is 0. The van der Waals surface area contributed by atoms with Crippen molar-refractivity contribution in [3.63, 3.8) is 0 Å². The number of terminal acetylenes is 1. The monoisotopic (exact) mass is 328 g/mol. The Kier molecular flexibility index (Phi) is 7.23. The highest BCUT2D eigenvalue weighted by Gasteiger charge is 2.22. The van der Waals surface area contributed by atoms with E-state index in [1.165, 1.54) is 0 Å². The fourth-order valence-electron chi connectivity index (χ4n) is 1.71. The van der Waals surface area contributed by atoms with Gasteiger partial charge in [-0.05, 0) is 18.9 Å². The number of halogens is 2. The summed E-state index contributed by atoms with van der Waals surface area (Å²) in [4.78, 5) is 0. The number of rotatable bonds is 3. The normalized spacial score (nSPS) is 29.0. The molecule has 1 heterocycles. The van der Waals surface area contributed by atoms with Crippen LogP contribution in [0.25, 0.3) is 0 Å². The van der Waals surface area contributed by atoms with Crippen LogP contribution in [0, 0.1) is 12.3 Å². The first-order chi connectivity index (χ1) is 8.69. The van der Waals surface area contributed by atoms with Gasteiger partial charge in [0, 0.05) is 17.3 Å². The Morgan fingerprint density at radius 1 is 1.67 bits per heavy atom. The van der Waals surface area contributed by atoms with Crippen molar-refractivity contribution in [1.82, 2.24) is 0 Å². The molecule has 0 spiro atoms. The highest BCUT2D eigenvalue weighted by atomic mass is 79.9. The van der Waals surface area contributed by atoms with E-state index in [-0.39, 0.29) is 11.5 Å². The van der Waals surface area contributed by atoms with E-state index < -0.39 is 0 Å². The molecule has 0 aromatic carbocycles. The summed E-state index contributed by atoms with van der Waals surface area (Å²) in [6, 6.07) is 0. The number of alkyl halides is 1. The van der Waals surface area contributed by atoms with Crippen molar-refractivity contribution in [3.05, 3.63) is 34.5 Å². The van der Waals surface area contributed by atoms with Gasteiger partial charge >= 0.3 is 0 Å². The van der Waals surface area contributed by atoms with Gasteiger partial charge in [0.05, 0.1) is 5.38 Å². The van der Waals surface area contributed by atoms with E-state index in [0.717, 1.165) is 35.9 Å². The lowest BCUT2D eigenvalue weighted by atomic mass is 10.1. The average molecular weight is 330 g/mol. The molecule has 1 unspecified atom stereocenters. The van der Waals surface area contributed by atoms with Gasteiger partial charge < -0.3 is 4.74 Å². The summed E-state index contributed by atoms with van der Waals surface area (Å²) < 4.78 is 7.13. The van der Waals surface area contributed by atoms with E-state index in [1.54, 1.807) is 6.08 Å². The molecule has 0 amide bonds. The van der Waals surface area contributed by atoms with Crippen LogP contribution in [0.15, 0.2) is 34.5 Å². The smallest absolute Gasteiger partial charge is 0.118 e. The van der Waals surface area contributed by atoms with Gasteiger partial charge in [-0.15, -0.1) is 18.0 Å². The molecule has 0 saturated heterocycles. The Labute approximate surface area is 123 Å². The Hall–Kier alpha value is -0.650. The molecule has 0 fully saturated rings. The number of ether oxygens (including phenoxy) is 1. The number of allylic oxidation sites excluding steroid dienone is 4. The largest absolute Gasteiger partial charge is 0.492 e. The zero-order chi connectivity index (χ0) is 13.4. The van der Waals surface area contributed by atoms with Crippen molar-refractivity contribution in [2.45, 2.75) is 44.1 Å². The van der Waals surface area contributed by atoms with E-state index in [1.807, 2.05) is 6.08 Å². The fourth-order valence-corrected chi connectivity index (χ4v) is 2.22. The average Bonchev–Trinajstić information content (AvgIpc) is 2.37. The van der Waals surface area contributed by atoms with Gasteiger partial charge in [-0.1, -0.05) is 47.0 Å². The second-order valence-corrected chi connectivity index (χ2v) is 5.59. The predicted molar refractivity (Wildman–Crippen MR) is 81.7 cm³/mol. The lowest BCUT2D eigenvalue weighted by Crippen LogP contribution is -2.25. The minimum Gasteiger partial charge on any atom is -0.492 e. The minimum atomic E-state index is -0.0321. The molecule has 0 aliphatic carbocycles. The van der Waals surface area contributed by atoms with Crippen molar-refractivity contribution < 1.29 is 4.74 Å². The third-order valence-corrected chi connectivity index (χ3v) is 4.19. The van der Waals surface area contributed by atoms with Gasteiger partial charge in [-0.25, -0.2) is 0 Å². The van der Waals surface area contributed by atoms with Crippen LogP contribution < -0.4 is 0 Å². The second kappa shape index (κ2) is 8.45. The summed E-state index contributed by atoms with van der Waals surface area (Å²) >= 11 is 9.91. The lowest BCUT2D eigenvalue weighted by molar-refractivity contribution is 0.108.